The molecule has 32 heteroatoms. The van der Waals surface area contributed by atoms with Gasteiger partial charge in [0, 0.05) is 46.9 Å². The lowest BCUT2D eigenvalue weighted by Crippen LogP contribution is -2.71. The van der Waals surface area contributed by atoms with Gasteiger partial charge in [0.05, 0.1) is 37.3 Å². The zero-order chi connectivity index (χ0) is 48.8. The van der Waals surface area contributed by atoms with Crippen LogP contribution in [0.25, 0.3) is 0 Å². The number of amides is 4. The fourth-order valence-electron chi connectivity index (χ4n) is 6.98. The molecule has 3 aliphatic heterocycles. The maximum absolute atomic E-state index is 15.7. The van der Waals surface area contributed by atoms with Gasteiger partial charge in [-0.25, -0.2) is 28.9 Å². The number of aliphatic carboxylic acids is 2. The average Bonchev–Trinajstić information content (AvgIpc) is 4.12. The first-order valence-electron chi connectivity index (χ1n) is 20.3. The third-order valence-corrected chi connectivity index (χ3v) is 16.4. The zero-order valence-electron chi connectivity index (χ0n) is 36.7. The van der Waals surface area contributed by atoms with Crippen molar-refractivity contribution in [3.8, 4) is 0 Å². The number of tetrazole rings is 2. The van der Waals surface area contributed by atoms with Crippen molar-refractivity contribution in [3.05, 3.63) is 44.7 Å². The first-order chi connectivity index (χ1) is 32.5. The van der Waals surface area contributed by atoms with E-state index in [0.29, 0.717) is 47.8 Å². The van der Waals surface area contributed by atoms with Crippen LogP contribution in [0.3, 0.4) is 0 Å². The van der Waals surface area contributed by atoms with Crippen molar-refractivity contribution >= 4 is 116 Å². The number of aromatic nitrogens is 10. The topological polar surface area (TPSA) is 345 Å². The molecule has 0 spiro atoms. The molecule has 7 rings (SSSR count). The second-order valence-electron chi connectivity index (χ2n) is 15.7. The first-order valence-corrected chi connectivity index (χ1v) is 26.2. The van der Waals surface area contributed by atoms with E-state index in [4.69, 9.17) is 11.5 Å². The molecule has 0 aliphatic carbocycles. The van der Waals surface area contributed by atoms with Crippen molar-refractivity contribution in [1.29, 1.82) is 0 Å². The van der Waals surface area contributed by atoms with Gasteiger partial charge in [-0.2, -0.15) is 0 Å². The Morgan fingerprint density at radius 2 is 1.34 bits per heavy atom. The summed E-state index contributed by atoms with van der Waals surface area (Å²) < 4.78 is 3.15. The standard InChI is InChI=1S/C36H46N18O8S6/c1-49(2)5-7-51-35(43-45-47-51)67-13-17-11-63-29-23(41-21(55)9-19-15-65-33(37)39-19)27(57)53(29)25(17)28(58)54-26(32(61)62)18(14-68-36-44-46-48-52(36)8-6-50(3)4)12-64-30(54)24(31(59)60)42-22(56)10-20-16-66-34(38)40-20/h15-16,23-24,29-30H,5-14H2,1-4H3,(H2,37,39)(H2,38,40)(H,41,55)(H,42,56)(H,59,60)(H,61,62)/t23-,24?,29-,30?/m1/s1. The van der Waals surface area contributed by atoms with Crippen molar-refractivity contribution in [2.45, 2.75) is 59.1 Å². The number of likely N-dealkylation sites (N-methyl/N-ethyl adjacent to an activating group) is 2. The maximum Gasteiger partial charge on any atom is 0.352 e. The van der Waals surface area contributed by atoms with E-state index in [2.05, 4.69) is 51.7 Å². The van der Waals surface area contributed by atoms with Crippen molar-refractivity contribution in [2.24, 2.45) is 0 Å². The third-order valence-electron chi connectivity index (χ3n) is 10.2. The third kappa shape index (κ3) is 11.9. The van der Waals surface area contributed by atoms with Gasteiger partial charge in [0.15, 0.2) is 16.3 Å². The molecular weight excluding hydrogens is 1000 g/mol. The second kappa shape index (κ2) is 22.4. The Kier molecular flexibility index (Phi) is 16.6. The van der Waals surface area contributed by atoms with Crippen LogP contribution in [0, 0.1) is 0 Å². The van der Waals surface area contributed by atoms with Gasteiger partial charge in [-0.05, 0) is 60.2 Å². The Labute approximate surface area is 412 Å². The number of hydrogen-bond acceptors (Lipinski definition) is 24. The van der Waals surface area contributed by atoms with Gasteiger partial charge in [-0.15, -0.1) is 56.4 Å². The number of nitrogens with zero attached hydrogens (tertiary/aromatic N) is 14. The molecular formula is C36H46N18O8S6. The molecule has 7 heterocycles. The number of nitrogen functional groups attached to an aromatic ring is 2. The monoisotopic (exact) mass is 1050 g/mol. The van der Waals surface area contributed by atoms with Crippen molar-refractivity contribution in [3.63, 3.8) is 0 Å². The summed E-state index contributed by atoms with van der Waals surface area (Å²) in [5.41, 5.74) is 12.0. The summed E-state index contributed by atoms with van der Waals surface area (Å²) in [6.45, 7) is 2.06. The van der Waals surface area contributed by atoms with Gasteiger partial charge in [0.1, 0.15) is 28.2 Å². The van der Waals surface area contributed by atoms with Crippen LogP contribution in [0.4, 0.5) is 10.3 Å². The van der Waals surface area contributed by atoms with E-state index >= 15 is 4.79 Å². The van der Waals surface area contributed by atoms with Gasteiger partial charge in [0.25, 0.3) is 11.8 Å². The predicted octanol–water partition coefficient (Wildman–Crippen LogP) is -1.31. The highest BCUT2D eigenvalue weighted by atomic mass is 32.2. The fraction of sp³-hybridized carbons (Fsp3) is 0.500. The van der Waals surface area contributed by atoms with Gasteiger partial charge in [-0.1, -0.05) is 23.5 Å². The molecule has 4 atom stereocenters. The number of thiazole rings is 2. The van der Waals surface area contributed by atoms with Crippen molar-refractivity contribution < 1.29 is 39.0 Å². The summed E-state index contributed by atoms with van der Waals surface area (Å²) >= 11 is 6.76. The number of carbonyl (C=O) groups is 6. The SMILES string of the molecule is CN(C)CCn1nnnc1SCC1=C(C(=O)O)N(C(=O)C2=C(CSc3nnnn3CCN(C)C)CS[C@@H]3[C@H](NC(=O)Cc4csc(N)n4)C(=O)N23)C(C(NC(=O)Cc2csc(N)n2)C(=O)O)SC1. The molecule has 0 aromatic carbocycles. The Morgan fingerprint density at radius 1 is 0.809 bits per heavy atom. The highest BCUT2D eigenvalue weighted by molar-refractivity contribution is 8.01. The van der Waals surface area contributed by atoms with E-state index in [9.17, 15) is 34.2 Å². The molecule has 26 nitrogen and oxygen atoms in total. The van der Waals surface area contributed by atoms with Gasteiger partial charge < -0.3 is 42.1 Å². The van der Waals surface area contributed by atoms with Crippen molar-refractivity contribution in [2.75, 3.05) is 75.8 Å². The molecule has 4 amide bonds. The quantitative estimate of drug-likeness (QED) is 0.0393. The molecule has 3 aliphatic rings. The zero-order valence-corrected chi connectivity index (χ0v) is 41.6. The van der Waals surface area contributed by atoms with E-state index < -0.39 is 64.1 Å². The summed E-state index contributed by atoms with van der Waals surface area (Å²) in [5, 5.41) is 53.1. The minimum Gasteiger partial charge on any atom is -0.480 e. The Bertz CT molecular complexity index is 2610. The van der Waals surface area contributed by atoms with E-state index in [0.717, 1.165) is 51.1 Å². The summed E-state index contributed by atoms with van der Waals surface area (Å²) in [4.78, 5) is 97.8. The second-order valence-corrected chi connectivity index (χ2v) is 21.6. The molecule has 68 heavy (non-hydrogen) atoms. The van der Waals surface area contributed by atoms with Gasteiger partial charge in [-0.3, -0.25) is 29.0 Å². The van der Waals surface area contributed by atoms with Crippen LogP contribution >= 0.6 is 69.7 Å². The number of carboxylic acid groups (broad SMARTS) is 2. The lowest BCUT2D eigenvalue weighted by molar-refractivity contribution is -0.150. The predicted molar refractivity (Wildman–Crippen MR) is 254 cm³/mol. The fourth-order valence-corrected chi connectivity index (χ4v) is 12.9. The van der Waals surface area contributed by atoms with Crippen LogP contribution in [-0.2, 0) is 54.7 Å². The molecule has 364 valence electrons. The minimum absolute atomic E-state index is 0.0416. The van der Waals surface area contributed by atoms with Crippen LogP contribution in [0.15, 0.2) is 43.6 Å². The number of anilines is 2. The minimum atomic E-state index is -1.87. The summed E-state index contributed by atoms with van der Waals surface area (Å²) in [7, 11) is 7.57. The van der Waals surface area contributed by atoms with E-state index in [1.807, 2.05) is 38.0 Å². The number of hydrogen-bond donors (Lipinski definition) is 6. The van der Waals surface area contributed by atoms with Crippen LogP contribution in [-0.4, -0.2) is 203 Å². The van der Waals surface area contributed by atoms with E-state index in [-0.39, 0.29) is 63.1 Å². The largest absolute Gasteiger partial charge is 0.480 e. The van der Waals surface area contributed by atoms with Gasteiger partial charge in [0.2, 0.25) is 22.1 Å². The molecule has 2 unspecified atom stereocenters. The smallest absolute Gasteiger partial charge is 0.352 e. The number of carbonyl (C=O) groups excluding carboxylic acids is 4. The summed E-state index contributed by atoms with van der Waals surface area (Å²) in [6, 6.07) is -2.96. The molecule has 1 saturated heterocycles. The lowest BCUT2D eigenvalue weighted by atomic mass is 10.0. The van der Waals surface area contributed by atoms with E-state index in [1.54, 1.807) is 20.1 Å². The Balaban J connectivity index is 1.28. The van der Waals surface area contributed by atoms with E-state index in [1.165, 1.54) is 28.4 Å². The van der Waals surface area contributed by atoms with Gasteiger partial charge >= 0.3 is 11.9 Å². The number of nitrogens with one attached hydrogen (secondary N) is 2. The highest BCUT2D eigenvalue weighted by Gasteiger charge is 2.56. The van der Waals surface area contributed by atoms with Crippen LogP contribution < -0.4 is 22.1 Å². The highest BCUT2D eigenvalue weighted by Crippen LogP contribution is 2.45. The number of nitrogens with two attached hydrogens (primary N) is 2. The molecule has 8 N–H and O–H groups in total. The molecule has 0 bridgehead atoms. The molecule has 0 radical (unpaired) electrons. The average molecular weight is 1050 g/mol. The Morgan fingerprint density at radius 3 is 1.84 bits per heavy atom. The number of β-lactam (4-membered cyclic amide) rings is 1. The first kappa shape index (κ1) is 50.5. The molecule has 0 saturated carbocycles. The lowest BCUT2D eigenvalue weighted by Gasteiger charge is -2.51. The molecule has 1 fully saturated rings. The Hall–Kier alpha value is -5.38. The van der Waals surface area contributed by atoms with Crippen molar-refractivity contribution in [1.82, 2.24) is 80.6 Å². The number of carboxylic acids is 2. The normalized spacial score (nSPS) is 18.8. The van der Waals surface area contributed by atoms with Crippen LogP contribution in [0.1, 0.15) is 11.4 Å². The molecule has 4 aromatic heterocycles. The van der Waals surface area contributed by atoms with Crippen LogP contribution in [0.2, 0.25) is 0 Å². The maximum atomic E-state index is 15.7. The number of fused-ring (bicyclic) bond motifs is 1. The number of rotatable bonds is 22. The summed E-state index contributed by atoms with van der Waals surface area (Å²) in [5.74, 6) is -6.07. The number of thioether (sulfide) groups is 4. The molecule has 4 aromatic rings. The summed E-state index contributed by atoms with van der Waals surface area (Å²) in [6.07, 6.45) is -0.527. The van der Waals surface area contributed by atoms with Crippen LogP contribution in [0.5, 0.6) is 0 Å².